The Morgan fingerprint density at radius 3 is 2.56 bits per heavy atom. The van der Waals surface area contributed by atoms with Crippen LogP contribution in [0.1, 0.15) is 13.3 Å². The third-order valence-electron chi connectivity index (χ3n) is 3.39. The minimum Gasteiger partial charge on any atom is -0.395 e. The van der Waals surface area contributed by atoms with Crippen molar-refractivity contribution in [3.8, 4) is 0 Å². The molecule has 2 heterocycles. The van der Waals surface area contributed by atoms with Crippen molar-refractivity contribution in [1.82, 2.24) is 9.80 Å². The molecule has 0 aromatic carbocycles. The largest absolute Gasteiger partial charge is 0.395 e. The van der Waals surface area contributed by atoms with E-state index in [1.165, 1.54) is 4.90 Å². The maximum Gasteiger partial charge on any atom is 0.327 e. The molecular formula is C10H16N2O5S. The molecule has 2 fully saturated rings. The van der Waals surface area contributed by atoms with E-state index in [0.29, 0.717) is 0 Å². The second-order valence-electron chi connectivity index (χ2n) is 4.53. The number of carbonyl (C=O) groups is 2. The number of amides is 3. The molecule has 0 unspecified atom stereocenters. The Kier molecular flexibility index (Phi) is 3.33. The summed E-state index contributed by atoms with van der Waals surface area (Å²) < 4.78 is 23.2. The maximum absolute atomic E-state index is 12.0. The second kappa shape index (κ2) is 4.51. The highest BCUT2D eigenvalue weighted by atomic mass is 32.2. The van der Waals surface area contributed by atoms with Crippen molar-refractivity contribution >= 4 is 21.8 Å². The van der Waals surface area contributed by atoms with Crippen molar-refractivity contribution in [3.05, 3.63) is 0 Å². The zero-order valence-electron chi connectivity index (χ0n) is 10.1. The lowest BCUT2D eigenvalue weighted by Crippen LogP contribution is -2.42. The third kappa shape index (κ3) is 1.99. The van der Waals surface area contributed by atoms with Gasteiger partial charge in [-0.25, -0.2) is 13.2 Å². The highest BCUT2D eigenvalue weighted by Gasteiger charge is 2.54. The van der Waals surface area contributed by atoms with Gasteiger partial charge in [-0.1, -0.05) is 6.92 Å². The van der Waals surface area contributed by atoms with Gasteiger partial charge in [0.1, 0.15) is 0 Å². The molecule has 0 aliphatic carbocycles. The average Bonchev–Trinajstić information content (AvgIpc) is 2.71. The zero-order valence-corrected chi connectivity index (χ0v) is 10.9. The van der Waals surface area contributed by atoms with E-state index in [-0.39, 0.29) is 37.0 Å². The molecule has 18 heavy (non-hydrogen) atoms. The number of aliphatic hydroxyl groups is 1. The van der Waals surface area contributed by atoms with Crippen LogP contribution in [0, 0.1) is 0 Å². The molecule has 8 heteroatoms. The van der Waals surface area contributed by atoms with E-state index in [2.05, 4.69) is 0 Å². The lowest BCUT2D eigenvalue weighted by molar-refractivity contribution is -0.128. The molecule has 102 valence electrons. The second-order valence-corrected chi connectivity index (χ2v) is 6.68. The van der Waals surface area contributed by atoms with Gasteiger partial charge in [0.25, 0.3) is 0 Å². The molecule has 2 rings (SSSR count). The van der Waals surface area contributed by atoms with Crippen LogP contribution in [-0.2, 0) is 14.6 Å². The van der Waals surface area contributed by atoms with E-state index in [9.17, 15) is 18.0 Å². The Morgan fingerprint density at radius 1 is 1.39 bits per heavy atom. The lowest BCUT2D eigenvalue weighted by atomic mass is 10.1. The van der Waals surface area contributed by atoms with Crippen LogP contribution in [-0.4, -0.2) is 72.0 Å². The molecule has 2 saturated heterocycles. The van der Waals surface area contributed by atoms with Crippen LogP contribution in [0.2, 0.25) is 0 Å². The zero-order chi connectivity index (χ0) is 13.5. The summed E-state index contributed by atoms with van der Waals surface area (Å²) in [7, 11) is -3.22. The van der Waals surface area contributed by atoms with Crippen LogP contribution < -0.4 is 0 Å². The number of fused-ring (bicyclic) bond motifs is 1. The minimum absolute atomic E-state index is 0.0585. The van der Waals surface area contributed by atoms with Crippen molar-refractivity contribution < 1.29 is 23.1 Å². The van der Waals surface area contributed by atoms with Gasteiger partial charge in [-0.05, 0) is 0 Å². The van der Waals surface area contributed by atoms with Gasteiger partial charge in [0.05, 0.1) is 30.2 Å². The van der Waals surface area contributed by atoms with Crippen molar-refractivity contribution in [2.24, 2.45) is 0 Å². The summed E-state index contributed by atoms with van der Waals surface area (Å²) in [4.78, 5) is 26.1. The molecule has 0 saturated carbocycles. The number of imide groups is 1. The first-order chi connectivity index (χ1) is 8.41. The standard InChI is InChI=1S/C10H16N2O5S/c1-2-9(14)12-8-6-18(16,17)5-7(8)11(3-4-13)10(12)15/h7-8,13H,2-6H2,1H3/t7-,8-/m1/s1. The maximum atomic E-state index is 12.0. The predicted molar refractivity (Wildman–Crippen MR) is 62.6 cm³/mol. The number of urea groups is 1. The molecular weight excluding hydrogens is 260 g/mol. The fourth-order valence-electron chi connectivity index (χ4n) is 2.61. The Labute approximate surface area is 105 Å². The van der Waals surface area contributed by atoms with Crippen LogP contribution in [0.3, 0.4) is 0 Å². The number of aliphatic hydroxyl groups excluding tert-OH is 1. The summed E-state index contributed by atoms with van der Waals surface area (Å²) >= 11 is 0. The molecule has 0 bridgehead atoms. The summed E-state index contributed by atoms with van der Waals surface area (Å²) in [5.74, 6) is -0.666. The minimum atomic E-state index is -3.22. The summed E-state index contributed by atoms with van der Waals surface area (Å²) in [6, 6.07) is -1.59. The quantitative estimate of drug-likeness (QED) is 0.655. The lowest BCUT2D eigenvalue weighted by Gasteiger charge is -2.20. The van der Waals surface area contributed by atoms with Gasteiger partial charge in [0.2, 0.25) is 5.91 Å². The van der Waals surface area contributed by atoms with Gasteiger partial charge in [-0.15, -0.1) is 0 Å². The van der Waals surface area contributed by atoms with Crippen LogP contribution in [0.25, 0.3) is 0 Å². The van der Waals surface area contributed by atoms with Crippen molar-refractivity contribution in [2.45, 2.75) is 25.4 Å². The molecule has 0 aromatic rings. The Balaban J connectivity index is 2.33. The van der Waals surface area contributed by atoms with E-state index < -0.39 is 28.0 Å². The fraction of sp³-hybridized carbons (Fsp3) is 0.800. The van der Waals surface area contributed by atoms with Gasteiger partial charge in [0, 0.05) is 13.0 Å². The Morgan fingerprint density at radius 2 is 2.00 bits per heavy atom. The first kappa shape index (κ1) is 13.3. The van der Waals surface area contributed by atoms with Crippen LogP contribution in [0.15, 0.2) is 0 Å². The van der Waals surface area contributed by atoms with Crippen molar-refractivity contribution in [1.29, 1.82) is 0 Å². The predicted octanol–water partition coefficient (Wildman–Crippen LogP) is -1.18. The normalized spacial score (nSPS) is 29.8. The van der Waals surface area contributed by atoms with Gasteiger partial charge >= 0.3 is 6.03 Å². The van der Waals surface area contributed by atoms with E-state index in [1.54, 1.807) is 6.92 Å². The van der Waals surface area contributed by atoms with E-state index in [0.717, 1.165) is 4.90 Å². The topological polar surface area (TPSA) is 95.0 Å². The number of sulfone groups is 1. The van der Waals surface area contributed by atoms with Gasteiger partial charge in [0.15, 0.2) is 9.84 Å². The highest BCUT2D eigenvalue weighted by Crippen LogP contribution is 2.31. The molecule has 2 aliphatic heterocycles. The molecule has 3 amide bonds. The number of carbonyl (C=O) groups excluding carboxylic acids is 2. The Hall–Kier alpha value is -1.15. The van der Waals surface area contributed by atoms with Crippen molar-refractivity contribution in [3.63, 3.8) is 0 Å². The molecule has 0 aromatic heterocycles. The first-order valence-corrected chi connectivity index (χ1v) is 7.67. The third-order valence-corrected chi connectivity index (χ3v) is 5.09. The van der Waals surface area contributed by atoms with E-state index in [4.69, 9.17) is 5.11 Å². The summed E-state index contributed by atoms with van der Waals surface area (Å²) in [6.07, 6.45) is 0.155. The molecule has 0 radical (unpaired) electrons. The highest BCUT2D eigenvalue weighted by molar-refractivity contribution is 7.91. The smallest absolute Gasteiger partial charge is 0.327 e. The summed E-state index contributed by atoms with van der Waals surface area (Å²) in [5.41, 5.74) is 0. The number of hydrogen-bond donors (Lipinski definition) is 1. The average molecular weight is 276 g/mol. The molecule has 0 spiro atoms. The van der Waals surface area contributed by atoms with Gasteiger partial charge < -0.3 is 10.0 Å². The molecule has 1 N–H and O–H groups in total. The van der Waals surface area contributed by atoms with E-state index >= 15 is 0 Å². The molecule has 2 atom stereocenters. The number of β-amino-alcohol motifs (C(OH)–C–C–N with tert-alkyl or cyclic N) is 1. The number of nitrogens with zero attached hydrogens (tertiary/aromatic N) is 2. The van der Waals surface area contributed by atoms with Crippen LogP contribution in [0.5, 0.6) is 0 Å². The summed E-state index contributed by atoms with van der Waals surface area (Å²) in [5, 5.41) is 8.93. The molecule has 7 nitrogen and oxygen atoms in total. The number of rotatable bonds is 3. The van der Waals surface area contributed by atoms with Crippen molar-refractivity contribution in [2.75, 3.05) is 24.7 Å². The van der Waals surface area contributed by atoms with Crippen LogP contribution >= 0.6 is 0 Å². The van der Waals surface area contributed by atoms with E-state index in [1.807, 2.05) is 0 Å². The first-order valence-electron chi connectivity index (χ1n) is 5.85. The Bertz CT molecular complexity index is 475. The van der Waals surface area contributed by atoms with Gasteiger partial charge in [-0.3, -0.25) is 9.69 Å². The van der Waals surface area contributed by atoms with Crippen LogP contribution in [0.4, 0.5) is 4.79 Å². The SMILES string of the molecule is CCC(=O)N1C(=O)N(CCO)[C@@H]2CS(=O)(=O)C[C@H]21. The molecule has 2 aliphatic rings. The number of hydrogen-bond acceptors (Lipinski definition) is 5. The van der Waals surface area contributed by atoms with Gasteiger partial charge in [-0.2, -0.15) is 0 Å². The fourth-order valence-corrected chi connectivity index (χ4v) is 4.56. The monoisotopic (exact) mass is 276 g/mol. The summed E-state index contributed by atoms with van der Waals surface area (Å²) in [6.45, 7) is 1.44.